The number of benzene rings is 2. The number of pyridine rings is 1. The molecule has 0 atom stereocenters. The van der Waals surface area contributed by atoms with Gasteiger partial charge in [0.2, 0.25) is 5.91 Å². The van der Waals surface area contributed by atoms with Crippen molar-refractivity contribution >= 4 is 40.4 Å². The van der Waals surface area contributed by atoms with Gasteiger partial charge >= 0.3 is 5.69 Å². The number of carbonyl (C=O) groups is 2. The van der Waals surface area contributed by atoms with Gasteiger partial charge < -0.3 is 15.4 Å². The highest BCUT2D eigenvalue weighted by molar-refractivity contribution is 6.31. The van der Waals surface area contributed by atoms with E-state index >= 15 is 0 Å². The van der Waals surface area contributed by atoms with Crippen molar-refractivity contribution in [1.29, 1.82) is 0 Å². The topological polar surface area (TPSA) is 107 Å². The molecule has 0 aliphatic carbocycles. The summed E-state index contributed by atoms with van der Waals surface area (Å²) in [5.74, 6) is -0.151. The molecule has 0 spiro atoms. The number of halogens is 1. The molecule has 0 fully saturated rings. The van der Waals surface area contributed by atoms with Crippen LogP contribution >= 0.6 is 11.6 Å². The van der Waals surface area contributed by atoms with Gasteiger partial charge in [-0.3, -0.25) is 9.59 Å². The monoisotopic (exact) mass is 465 g/mol. The number of hydrogen-bond acceptors (Lipinski definition) is 5. The van der Waals surface area contributed by atoms with E-state index < -0.39 is 17.5 Å². The molecule has 0 bridgehead atoms. The number of aromatic nitrogens is 3. The molecular weight excluding hydrogens is 446 g/mol. The zero-order valence-electron chi connectivity index (χ0n) is 17.8. The van der Waals surface area contributed by atoms with E-state index in [1.165, 1.54) is 10.6 Å². The van der Waals surface area contributed by atoms with Crippen molar-refractivity contribution in [2.75, 3.05) is 17.7 Å². The first-order valence-corrected chi connectivity index (χ1v) is 10.3. The van der Waals surface area contributed by atoms with E-state index in [-0.39, 0.29) is 12.1 Å². The lowest BCUT2D eigenvalue weighted by Gasteiger charge is -2.09. The van der Waals surface area contributed by atoms with Crippen molar-refractivity contribution in [2.45, 2.75) is 13.5 Å². The number of ether oxygens (including phenoxy) is 1. The van der Waals surface area contributed by atoms with Crippen molar-refractivity contribution in [2.24, 2.45) is 0 Å². The normalized spacial score (nSPS) is 10.8. The highest BCUT2D eigenvalue weighted by Gasteiger charge is 2.15. The van der Waals surface area contributed by atoms with Crippen LogP contribution in [0.3, 0.4) is 0 Å². The minimum atomic E-state index is -0.540. The summed E-state index contributed by atoms with van der Waals surface area (Å²) in [7, 11) is 1.56. The lowest BCUT2D eigenvalue weighted by atomic mass is 10.2. The lowest BCUT2D eigenvalue weighted by Crippen LogP contribution is -2.28. The molecule has 4 rings (SSSR count). The molecule has 2 aromatic heterocycles. The third-order valence-corrected chi connectivity index (χ3v) is 5.43. The molecule has 10 heteroatoms. The van der Waals surface area contributed by atoms with Crippen molar-refractivity contribution in [3.8, 4) is 5.75 Å². The van der Waals surface area contributed by atoms with Gasteiger partial charge in [-0.15, -0.1) is 5.10 Å². The maximum Gasteiger partial charge on any atom is 0.350 e. The summed E-state index contributed by atoms with van der Waals surface area (Å²) in [5, 5.41) is 10.2. The Morgan fingerprint density at radius 2 is 1.82 bits per heavy atom. The van der Waals surface area contributed by atoms with Gasteiger partial charge in [-0.05, 0) is 61.0 Å². The third kappa shape index (κ3) is 4.73. The van der Waals surface area contributed by atoms with Gasteiger partial charge in [0.25, 0.3) is 5.91 Å². The molecule has 9 nitrogen and oxygen atoms in total. The fourth-order valence-corrected chi connectivity index (χ4v) is 3.38. The number of carbonyl (C=O) groups excluding carboxylic acids is 2. The van der Waals surface area contributed by atoms with E-state index in [2.05, 4.69) is 15.7 Å². The molecule has 33 heavy (non-hydrogen) atoms. The standard InChI is InChI=1S/C23H20ClN5O4/c1-14-18(24)4-3-5-19(14)26-21(30)13-29-23(32)28-12-15(6-11-20(28)27-29)22(31)25-16-7-9-17(33-2)10-8-16/h3-12H,13H2,1-2H3,(H,25,31)(H,26,30). The molecule has 0 saturated heterocycles. The second-order valence-electron chi connectivity index (χ2n) is 7.23. The Balaban J connectivity index is 1.51. The molecular formula is C23H20ClN5O4. The maximum absolute atomic E-state index is 12.8. The Kier molecular flexibility index (Phi) is 6.14. The van der Waals surface area contributed by atoms with Gasteiger partial charge in [-0.1, -0.05) is 17.7 Å². The second-order valence-corrected chi connectivity index (χ2v) is 7.64. The number of hydrogen-bond donors (Lipinski definition) is 2. The average Bonchev–Trinajstić information content (AvgIpc) is 3.12. The first-order valence-electron chi connectivity index (χ1n) is 9.95. The summed E-state index contributed by atoms with van der Waals surface area (Å²) < 4.78 is 7.36. The van der Waals surface area contributed by atoms with Crippen LogP contribution in [0.5, 0.6) is 5.75 Å². The van der Waals surface area contributed by atoms with Crippen molar-refractivity contribution in [3.05, 3.63) is 87.4 Å². The zero-order valence-corrected chi connectivity index (χ0v) is 18.6. The molecule has 0 aliphatic rings. The number of rotatable bonds is 6. The average molecular weight is 466 g/mol. The first kappa shape index (κ1) is 22.1. The highest BCUT2D eigenvalue weighted by atomic mass is 35.5. The van der Waals surface area contributed by atoms with Gasteiger partial charge in [0, 0.05) is 22.6 Å². The largest absolute Gasteiger partial charge is 0.497 e. The van der Waals surface area contributed by atoms with Crippen LogP contribution in [0.4, 0.5) is 11.4 Å². The molecule has 2 heterocycles. The Bertz CT molecular complexity index is 1410. The number of nitrogens with zero attached hydrogens (tertiary/aromatic N) is 3. The summed E-state index contributed by atoms with van der Waals surface area (Å²) in [6, 6.07) is 15.1. The molecule has 168 valence electrons. The summed E-state index contributed by atoms with van der Waals surface area (Å²) in [5.41, 5.74) is 1.90. The molecule has 0 aliphatic heterocycles. The van der Waals surface area contributed by atoms with Crippen LogP contribution in [0.25, 0.3) is 5.65 Å². The van der Waals surface area contributed by atoms with Crippen molar-refractivity contribution in [3.63, 3.8) is 0 Å². The quantitative estimate of drug-likeness (QED) is 0.454. The minimum Gasteiger partial charge on any atom is -0.497 e. The summed E-state index contributed by atoms with van der Waals surface area (Å²) in [6.45, 7) is 1.49. The van der Waals surface area contributed by atoms with Crippen LogP contribution < -0.4 is 21.1 Å². The molecule has 2 amide bonds. The Morgan fingerprint density at radius 3 is 2.55 bits per heavy atom. The number of fused-ring (bicyclic) bond motifs is 1. The van der Waals surface area contributed by atoms with Gasteiger partial charge in [-0.25, -0.2) is 13.9 Å². The van der Waals surface area contributed by atoms with Crippen LogP contribution in [0.15, 0.2) is 65.6 Å². The van der Waals surface area contributed by atoms with Crippen LogP contribution in [0, 0.1) is 6.92 Å². The number of methoxy groups -OCH3 is 1. The Labute approximate surface area is 193 Å². The maximum atomic E-state index is 12.8. The molecule has 4 aromatic rings. The van der Waals surface area contributed by atoms with Crippen molar-refractivity contribution < 1.29 is 14.3 Å². The van der Waals surface area contributed by atoms with E-state index in [1.807, 2.05) is 0 Å². The fourth-order valence-electron chi connectivity index (χ4n) is 3.20. The minimum absolute atomic E-state index is 0.263. The second kappa shape index (κ2) is 9.17. The number of amides is 2. The fraction of sp³-hybridized carbons (Fsp3) is 0.130. The SMILES string of the molecule is COc1ccc(NC(=O)c2ccc3nn(CC(=O)Nc4cccc(Cl)c4C)c(=O)n3c2)cc1. The molecule has 0 unspecified atom stereocenters. The van der Waals surface area contributed by atoms with E-state index in [1.54, 1.807) is 68.6 Å². The highest BCUT2D eigenvalue weighted by Crippen LogP contribution is 2.22. The van der Waals surface area contributed by atoms with Crippen LogP contribution in [-0.4, -0.2) is 33.1 Å². The molecule has 0 radical (unpaired) electrons. The lowest BCUT2D eigenvalue weighted by molar-refractivity contribution is -0.117. The van der Waals surface area contributed by atoms with Crippen LogP contribution in [0.1, 0.15) is 15.9 Å². The summed E-state index contributed by atoms with van der Waals surface area (Å²) in [6.07, 6.45) is 1.39. The molecule has 0 saturated carbocycles. The Morgan fingerprint density at radius 1 is 1.06 bits per heavy atom. The molecule has 2 N–H and O–H groups in total. The summed E-state index contributed by atoms with van der Waals surface area (Å²) >= 11 is 6.08. The van der Waals surface area contributed by atoms with E-state index in [9.17, 15) is 14.4 Å². The Hall–Kier alpha value is -4.11. The van der Waals surface area contributed by atoms with E-state index in [0.717, 1.165) is 10.2 Å². The van der Waals surface area contributed by atoms with Gasteiger partial charge in [-0.2, -0.15) is 0 Å². The summed E-state index contributed by atoms with van der Waals surface area (Å²) in [4.78, 5) is 37.8. The number of nitrogens with one attached hydrogen (secondary N) is 2. The van der Waals surface area contributed by atoms with Gasteiger partial charge in [0.15, 0.2) is 5.65 Å². The third-order valence-electron chi connectivity index (χ3n) is 5.02. The van der Waals surface area contributed by atoms with Crippen LogP contribution in [0.2, 0.25) is 5.02 Å². The van der Waals surface area contributed by atoms with Crippen LogP contribution in [-0.2, 0) is 11.3 Å². The first-order chi connectivity index (χ1) is 15.9. The van der Waals surface area contributed by atoms with Gasteiger partial charge in [0.05, 0.1) is 12.7 Å². The van der Waals surface area contributed by atoms with Gasteiger partial charge in [0.1, 0.15) is 12.3 Å². The predicted octanol–water partition coefficient (Wildman–Crippen LogP) is 3.36. The smallest absolute Gasteiger partial charge is 0.350 e. The van der Waals surface area contributed by atoms with E-state index in [4.69, 9.17) is 16.3 Å². The zero-order chi connectivity index (χ0) is 23.5. The number of anilines is 2. The predicted molar refractivity (Wildman–Crippen MR) is 125 cm³/mol. The van der Waals surface area contributed by atoms with E-state index in [0.29, 0.717) is 27.8 Å². The van der Waals surface area contributed by atoms with Crippen molar-refractivity contribution in [1.82, 2.24) is 14.2 Å². The molecule has 2 aromatic carbocycles.